The van der Waals surface area contributed by atoms with E-state index in [2.05, 4.69) is 44.4 Å². The zero-order valence-electron chi connectivity index (χ0n) is 11.6. The van der Waals surface area contributed by atoms with Gasteiger partial charge in [0.05, 0.1) is 12.1 Å². The Hall–Kier alpha value is -0.900. The van der Waals surface area contributed by atoms with Crippen LogP contribution in [-0.2, 0) is 4.74 Å². The molecule has 100 valence electrons. The Balaban J connectivity index is 2.30. The van der Waals surface area contributed by atoms with Crippen LogP contribution in [0.2, 0.25) is 0 Å². The van der Waals surface area contributed by atoms with Crippen molar-refractivity contribution in [1.82, 2.24) is 5.43 Å². The third kappa shape index (κ3) is 2.44. The fourth-order valence-electron chi connectivity index (χ4n) is 3.02. The van der Waals surface area contributed by atoms with Crippen molar-refractivity contribution in [3.63, 3.8) is 0 Å². The maximum absolute atomic E-state index is 5.81. The van der Waals surface area contributed by atoms with Gasteiger partial charge < -0.3 is 4.74 Å². The average Bonchev–Trinajstić information content (AvgIpc) is 2.83. The van der Waals surface area contributed by atoms with Crippen molar-refractivity contribution in [3.05, 3.63) is 34.9 Å². The molecule has 1 saturated heterocycles. The molecule has 1 aliphatic rings. The van der Waals surface area contributed by atoms with Gasteiger partial charge in [-0.3, -0.25) is 11.3 Å². The van der Waals surface area contributed by atoms with E-state index in [0.29, 0.717) is 12.0 Å². The summed E-state index contributed by atoms with van der Waals surface area (Å²) in [5.41, 5.74) is 6.98. The lowest BCUT2D eigenvalue weighted by atomic mass is 9.84. The molecule has 2 rings (SSSR count). The minimum Gasteiger partial charge on any atom is -0.378 e. The smallest absolute Gasteiger partial charge is 0.0620 e. The van der Waals surface area contributed by atoms with Crippen LogP contribution in [0.3, 0.4) is 0 Å². The lowest BCUT2D eigenvalue weighted by Gasteiger charge is -2.28. The van der Waals surface area contributed by atoms with Gasteiger partial charge in [0.1, 0.15) is 0 Å². The second kappa shape index (κ2) is 5.83. The summed E-state index contributed by atoms with van der Waals surface area (Å²) in [6.45, 7) is 7.35. The quantitative estimate of drug-likeness (QED) is 0.636. The number of aryl methyl sites for hydroxylation is 1. The van der Waals surface area contributed by atoms with Gasteiger partial charge in [0.25, 0.3) is 0 Å². The van der Waals surface area contributed by atoms with Gasteiger partial charge in [0, 0.05) is 12.5 Å². The summed E-state index contributed by atoms with van der Waals surface area (Å²) < 4.78 is 5.79. The molecule has 1 aromatic carbocycles. The van der Waals surface area contributed by atoms with E-state index in [4.69, 9.17) is 10.6 Å². The molecule has 18 heavy (non-hydrogen) atoms. The molecule has 3 heteroatoms. The monoisotopic (exact) mass is 248 g/mol. The molecule has 1 aromatic rings. The van der Waals surface area contributed by atoms with Crippen LogP contribution in [-0.4, -0.2) is 12.7 Å². The predicted octanol–water partition coefficient (Wildman–Crippen LogP) is 2.62. The first kappa shape index (κ1) is 13.5. The Bertz CT molecular complexity index is 405. The first-order chi connectivity index (χ1) is 8.69. The van der Waals surface area contributed by atoms with Gasteiger partial charge >= 0.3 is 0 Å². The van der Waals surface area contributed by atoms with Crippen LogP contribution >= 0.6 is 0 Å². The van der Waals surface area contributed by atoms with Crippen molar-refractivity contribution in [2.24, 2.45) is 11.8 Å². The maximum Gasteiger partial charge on any atom is 0.0620 e. The molecule has 3 nitrogen and oxygen atoms in total. The molecule has 0 saturated carbocycles. The molecule has 1 fully saturated rings. The third-order valence-corrected chi connectivity index (χ3v) is 4.25. The van der Waals surface area contributed by atoms with Crippen LogP contribution in [0.1, 0.15) is 42.5 Å². The van der Waals surface area contributed by atoms with Crippen molar-refractivity contribution in [1.29, 1.82) is 0 Å². The summed E-state index contributed by atoms with van der Waals surface area (Å²) in [5, 5.41) is 0. The fourth-order valence-corrected chi connectivity index (χ4v) is 3.02. The number of hydrazine groups is 1. The molecular formula is C15H24N2O. The van der Waals surface area contributed by atoms with E-state index >= 15 is 0 Å². The minimum absolute atomic E-state index is 0.192. The fraction of sp³-hybridized carbons (Fsp3) is 0.600. The lowest BCUT2D eigenvalue weighted by Crippen LogP contribution is -2.37. The van der Waals surface area contributed by atoms with Crippen LogP contribution in [0.4, 0.5) is 0 Å². The first-order valence-electron chi connectivity index (χ1n) is 6.82. The van der Waals surface area contributed by atoms with Gasteiger partial charge in [-0.2, -0.15) is 0 Å². The van der Waals surface area contributed by atoms with Gasteiger partial charge in [-0.1, -0.05) is 25.1 Å². The number of benzene rings is 1. The second-order valence-electron chi connectivity index (χ2n) is 5.20. The highest BCUT2D eigenvalue weighted by Gasteiger charge is 2.34. The Morgan fingerprint density at radius 2 is 2.22 bits per heavy atom. The van der Waals surface area contributed by atoms with Crippen LogP contribution in [0.15, 0.2) is 18.2 Å². The maximum atomic E-state index is 5.81. The highest BCUT2D eigenvalue weighted by atomic mass is 16.5. The van der Waals surface area contributed by atoms with Crippen LogP contribution in [0.25, 0.3) is 0 Å². The molecule has 3 atom stereocenters. The Labute approximate surface area is 110 Å². The largest absolute Gasteiger partial charge is 0.378 e. The highest BCUT2D eigenvalue weighted by Crippen LogP contribution is 2.36. The van der Waals surface area contributed by atoms with Gasteiger partial charge in [-0.05, 0) is 43.4 Å². The summed E-state index contributed by atoms with van der Waals surface area (Å²) in [5.74, 6) is 6.29. The van der Waals surface area contributed by atoms with Crippen molar-refractivity contribution >= 4 is 0 Å². The second-order valence-corrected chi connectivity index (χ2v) is 5.20. The molecule has 0 aliphatic carbocycles. The number of nitrogens with two attached hydrogens (primary N) is 1. The summed E-state index contributed by atoms with van der Waals surface area (Å²) in [6.07, 6.45) is 2.46. The topological polar surface area (TPSA) is 47.3 Å². The molecule has 3 N–H and O–H groups in total. The van der Waals surface area contributed by atoms with Crippen molar-refractivity contribution in [2.75, 3.05) is 6.61 Å². The number of hydrogen-bond acceptors (Lipinski definition) is 3. The van der Waals surface area contributed by atoms with Crippen molar-refractivity contribution < 1.29 is 4.74 Å². The summed E-state index contributed by atoms with van der Waals surface area (Å²) in [4.78, 5) is 0. The SMILES string of the molecule is CCC1OCCC1C(NN)c1cccc(C)c1C. The average molecular weight is 248 g/mol. The third-order valence-electron chi connectivity index (χ3n) is 4.25. The first-order valence-corrected chi connectivity index (χ1v) is 6.82. The zero-order chi connectivity index (χ0) is 13.1. The molecule has 0 bridgehead atoms. The number of nitrogens with one attached hydrogen (secondary N) is 1. The summed E-state index contributed by atoms with van der Waals surface area (Å²) in [6, 6.07) is 6.63. The number of hydrogen-bond donors (Lipinski definition) is 2. The Morgan fingerprint density at radius 3 is 2.89 bits per heavy atom. The highest BCUT2D eigenvalue weighted by molar-refractivity contribution is 5.35. The standard InChI is InChI=1S/C15H24N2O/c1-4-14-13(8-9-18-14)15(17-16)12-7-5-6-10(2)11(12)3/h5-7,13-15,17H,4,8-9,16H2,1-3H3. The number of rotatable bonds is 4. The van der Waals surface area contributed by atoms with Crippen LogP contribution < -0.4 is 11.3 Å². The van der Waals surface area contributed by atoms with Crippen LogP contribution in [0, 0.1) is 19.8 Å². The van der Waals surface area contributed by atoms with E-state index in [1.54, 1.807) is 0 Å². The van der Waals surface area contributed by atoms with E-state index in [-0.39, 0.29) is 6.04 Å². The number of ether oxygens (including phenoxy) is 1. The van der Waals surface area contributed by atoms with E-state index in [0.717, 1.165) is 19.4 Å². The van der Waals surface area contributed by atoms with Crippen molar-refractivity contribution in [3.8, 4) is 0 Å². The molecular weight excluding hydrogens is 224 g/mol. The molecule has 0 amide bonds. The van der Waals surface area contributed by atoms with Gasteiger partial charge in [-0.25, -0.2) is 0 Å². The normalized spacial score (nSPS) is 25.3. The van der Waals surface area contributed by atoms with Crippen molar-refractivity contribution in [2.45, 2.75) is 45.8 Å². The van der Waals surface area contributed by atoms with Gasteiger partial charge in [-0.15, -0.1) is 0 Å². The zero-order valence-corrected chi connectivity index (χ0v) is 11.6. The van der Waals surface area contributed by atoms with Crippen LogP contribution in [0.5, 0.6) is 0 Å². The minimum atomic E-state index is 0.192. The molecule has 0 radical (unpaired) electrons. The van der Waals surface area contributed by atoms with E-state index in [9.17, 15) is 0 Å². The molecule has 1 aliphatic heterocycles. The molecule has 0 spiro atoms. The predicted molar refractivity (Wildman–Crippen MR) is 74.1 cm³/mol. The Morgan fingerprint density at radius 1 is 1.44 bits per heavy atom. The van der Waals surface area contributed by atoms with Gasteiger partial charge in [0.2, 0.25) is 0 Å². The van der Waals surface area contributed by atoms with Gasteiger partial charge in [0.15, 0.2) is 0 Å². The summed E-state index contributed by atoms with van der Waals surface area (Å²) >= 11 is 0. The van der Waals surface area contributed by atoms with E-state index in [1.807, 2.05) is 0 Å². The Kier molecular flexibility index (Phi) is 4.38. The molecule has 3 unspecified atom stereocenters. The lowest BCUT2D eigenvalue weighted by molar-refractivity contribution is 0.0773. The molecule has 0 aromatic heterocycles. The molecule has 1 heterocycles. The summed E-state index contributed by atoms with van der Waals surface area (Å²) in [7, 11) is 0. The van der Waals surface area contributed by atoms with E-state index < -0.39 is 0 Å². The van der Waals surface area contributed by atoms with E-state index in [1.165, 1.54) is 16.7 Å².